The molecule has 4 nitrogen and oxygen atoms in total. The van der Waals surface area contributed by atoms with E-state index >= 15 is 0 Å². The Morgan fingerprint density at radius 1 is 1.19 bits per heavy atom. The lowest BCUT2D eigenvalue weighted by molar-refractivity contribution is 0.190. The molecule has 3 aromatic rings. The molecule has 3 rings (SSSR count). The fourth-order valence-corrected chi connectivity index (χ4v) is 2.44. The number of rotatable bonds is 4. The average Bonchev–Trinajstić information content (AvgIpc) is 2.90. The predicted octanol–water partition coefficient (Wildman–Crippen LogP) is 3.21. The average molecular weight is 282 g/mol. The van der Waals surface area contributed by atoms with Crippen LogP contribution in [0, 0.1) is 0 Å². The summed E-state index contributed by atoms with van der Waals surface area (Å²) >= 11 is 0. The van der Waals surface area contributed by atoms with Crippen molar-refractivity contribution in [3.8, 4) is 5.75 Å². The largest absolute Gasteiger partial charge is 0.486 e. The minimum absolute atomic E-state index is 0.383. The SMILES string of the molecule is C[C@H](O)c1ccc2ccccc2c1OCc1ccn(C)n1. The lowest BCUT2D eigenvalue weighted by atomic mass is 10.0. The van der Waals surface area contributed by atoms with Gasteiger partial charge in [-0.05, 0) is 18.4 Å². The summed E-state index contributed by atoms with van der Waals surface area (Å²) in [6.45, 7) is 2.13. The zero-order chi connectivity index (χ0) is 14.8. The van der Waals surface area contributed by atoms with E-state index in [4.69, 9.17) is 4.74 Å². The van der Waals surface area contributed by atoms with Crippen LogP contribution >= 0.6 is 0 Å². The number of hydrogen-bond donors (Lipinski definition) is 1. The molecular weight excluding hydrogens is 264 g/mol. The zero-order valence-electron chi connectivity index (χ0n) is 12.2. The van der Waals surface area contributed by atoms with Gasteiger partial charge < -0.3 is 9.84 Å². The molecular formula is C17H18N2O2. The Labute approximate surface area is 123 Å². The van der Waals surface area contributed by atoms with Crippen molar-refractivity contribution in [2.75, 3.05) is 0 Å². The summed E-state index contributed by atoms with van der Waals surface area (Å²) in [5.74, 6) is 0.730. The van der Waals surface area contributed by atoms with Gasteiger partial charge in [0.1, 0.15) is 12.4 Å². The van der Waals surface area contributed by atoms with Crippen LogP contribution < -0.4 is 4.74 Å². The number of hydrogen-bond acceptors (Lipinski definition) is 3. The van der Waals surface area contributed by atoms with Gasteiger partial charge in [0.15, 0.2) is 0 Å². The topological polar surface area (TPSA) is 47.3 Å². The fourth-order valence-electron chi connectivity index (χ4n) is 2.44. The lowest BCUT2D eigenvalue weighted by Crippen LogP contribution is -2.03. The van der Waals surface area contributed by atoms with Gasteiger partial charge in [-0.2, -0.15) is 5.10 Å². The van der Waals surface area contributed by atoms with Gasteiger partial charge in [-0.3, -0.25) is 4.68 Å². The quantitative estimate of drug-likeness (QED) is 0.799. The number of nitrogens with zero attached hydrogens (tertiary/aromatic N) is 2. The first-order chi connectivity index (χ1) is 10.1. The van der Waals surface area contributed by atoms with Crippen LogP contribution in [-0.2, 0) is 13.7 Å². The van der Waals surface area contributed by atoms with Crippen LogP contribution in [0.1, 0.15) is 24.3 Å². The van der Waals surface area contributed by atoms with Crippen molar-refractivity contribution in [3.05, 3.63) is 59.9 Å². The Morgan fingerprint density at radius 2 is 2.00 bits per heavy atom. The van der Waals surface area contributed by atoms with Crippen molar-refractivity contribution in [2.45, 2.75) is 19.6 Å². The first kappa shape index (κ1) is 13.6. The molecule has 0 radical (unpaired) electrons. The third-order valence-corrected chi connectivity index (χ3v) is 3.49. The van der Waals surface area contributed by atoms with Crippen molar-refractivity contribution >= 4 is 10.8 Å². The number of aromatic nitrogens is 2. The minimum atomic E-state index is -0.576. The van der Waals surface area contributed by atoms with E-state index in [1.54, 1.807) is 11.6 Å². The second kappa shape index (κ2) is 5.58. The molecule has 108 valence electrons. The highest BCUT2D eigenvalue weighted by molar-refractivity contribution is 5.89. The summed E-state index contributed by atoms with van der Waals surface area (Å²) in [5.41, 5.74) is 1.66. The van der Waals surface area contributed by atoms with Crippen LogP contribution in [0.4, 0.5) is 0 Å². The van der Waals surface area contributed by atoms with Gasteiger partial charge in [-0.15, -0.1) is 0 Å². The number of fused-ring (bicyclic) bond motifs is 1. The molecule has 1 heterocycles. The number of aliphatic hydroxyl groups excluding tert-OH is 1. The first-order valence-corrected chi connectivity index (χ1v) is 6.96. The molecule has 0 spiro atoms. The van der Waals surface area contributed by atoms with Gasteiger partial charge in [-0.1, -0.05) is 36.4 Å². The smallest absolute Gasteiger partial charge is 0.133 e. The monoisotopic (exact) mass is 282 g/mol. The maximum Gasteiger partial charge on any atom is 0.133 e. The van der Waals surface area contributed by atoms with E-state index in [2.05, 4.69) is 5.10 Å². The van der Waals surface area contributed by atoms with Crippen molar-refractivity contribution < 1.29 is 9.84 Å². The van der Waals surface area contributed by atoms with Gasteiger partial charge in [0, 0.05) is 24.2 Å². The van der Waals surface area contributed by atoms with Crippen molar-refractivity contribution in [2.24, 2.45) is 7.05 Å². The van der Waals surface area contributed by atoms with Gasteiger partial charge in [0.2, 0.25) is 0 Å². The Balaban J connectivity index is 1.99. The second-order valence-corrected chi connectivity index (χ2v) is 5.15. The number of ether oxygens (including phenoxy) is 1. The van der Waals surface area contributed by atoms with E-state index in [9.17, 15) is 5.11 Å². The molecule has 1 atom stereocenters. The van der Waals surface area contributed by atoms with E-state index in [1.807, 2.05) is 55.7 Å². The van der Waals surface area contributed by atoms with Crippen LogP contribution in [0.2, 0.25) is 0 Å². The first-order valence-electron chi connectivity index (χ1n) is 6.96. The van der Waals surface area contributed by atoms with E-state index in [1.165, 1.54) is 0 Å². The highest BCUT2D eigenvalue weighted by atomic mass is 16.5. The summed E-state index contributed by atoms with van der Waals surface area (Å²) in [6, 6.07) is 13.9. The normalized spacial score (nSPS) is 12.5. The molecule has 2 aromatic carbocycles. The standard InChI is InChI=1S/C17H18N2O2/c1-12(20)15-8-7-13-5-3-4-6-16(13)17(15)21-11-14-9-10-19(2)18-14/h3-10,12,20H,11H2,1-2H3/t12-/m0/s1. The summed E-state index contributed by atoms with van der Waals surface area (Å²) in [5, 5.41) is 16.4. The van der Waals surface area contributed by atoms with Gasteiger partial charge >= 0.3 is 0 Å². The maximum absolute atomic E-state index is 9.97. The second-order valence-electron chi connectivity index (χ2n) is 5.15. The van der Waals surface area contributed by atoms with E-state index in [0.717, 1.165) is 27.8 Å². The lowest BCUT2D eigenvalue weighted by Gasteiger charge is -2.15. The fraction of sp³-hybridized carbons (Fsp3) is 0.235. The maximum atomic E-state index is 9.97. The Morgan fingerprint density at radius 3 is 2.71 bits per heavy atom. The molecule has 0 amide bonds. The molecule has 1 aromatic heterocycles. The molecule has 0 aliphatic heterocycles. The predicted molar refractivity (Wildman–Crippen MR) is 82.1 cm³/mol. The van der Waals surface area contributed by atoms with Gasteiger partial charge in [0.05, 0.1) is 11.8 Å². The van der Waals surface area contributed by atoms with E-state index in [0.29, 0.717) is 6.61 Å². The van der Waals surface area contributed by atoms with Crippen LogP contribution in [0.15, 0.2) is 48.7 Å². The third kappa shape index (κ3) is 2.76. The van der Waals surface area contributed by atoms with Crippen LogP contribution in [0.25, 0.3) is 10.8 Å². The molecule has 21 heavy (non-hydrogen) atoms. The Hall–Kier alpha value is -2.33. The number of benzene rings is 2. The summed E-state index contributed by atoms with van der Waals surface area (Å²) in [7, 11) is 1.88. The highest BCUT2D eigenvalue weighted by Crippen LogP contribution is 2.34. The van der Waals surface area contributed by atoms with Crippen LogP contribution in [0.5, 0.6) is 5.75 Å². The number of aliphatic hydroxyl groups is 1. The molecule has 1 N–H and O–H groups in total. The van der Waals surface area contributed by atoms with Crippen molar-refractivity contribution in [1.29, 1.82) is 0 Å². The molecule has 4 heteroatoms. The molecule has 0 unspecified atom stereocenters. The third-order valence-electron chi connectivity index (χ3n) is 3.49. The van der Waals surface area contributed by atoms with E-state index in [-0.39, 0.29) is 0 Å². The molecule has 0 aliphatic carbocycles. The molecule has 0 aliphatic rings. The summed E-state index contributed by atoms with van der Waals surface area (Å²) in [6.07, 6.45) is 1.31. The molecule has 0 saturated heterocycles. The van der Waals surface area contributed by atoms with Crippen LogP contribution in [0.3, 0.4) is 0 Å². The highest BCUT2D eigenvalue weighted by Gasteiger charge is 2.13. The van der Waals surface area contributed by atoms with Gasteiger partial charge in [0.25, 0.3) is 0 Å². The van der Waals surface area contributed by atoms with E-state index < -0.39 is 6.10 Å². The Bertz CT molecular complexity index is 762. The summed E-state index contributed by atoms with van der Waals surface area (Å²) in [4.78, 5) is 0. The zero-order valence-corrected chi connectivity index (χ0v) is 12.2. The van der Waals surface area contributed by atoms with Crippen molar-refractivity contribution in [1.82, 2.24) is 9.78 Å². The summed E-state index contributed by atoms with van der Waals surface area (Å²) < 4.78 is 7.72. The molecule has 0 fully saturated rings. The molecule has 0 bridgehead atoms. The molecule has 0 saturated carbocycles. The minimum Gasteiger partial charge on any atom is -0.486 e. The number of aryl methyl sites for hydroxylation is 1. The van der Waals surface area contributed by atoms with Gasteiger partial charge in [-0.25, -0.2) is 0 Å². The van der Waals surface area contributed by atoms with Crippen molar-refractivity contribution in [3.63, 3.8) is 0 Å². The van der Waals surface area contributed by atoms with Crippen LogP contribution in [-0.4, -0.2) is 14.9 Å². The Kier molecular flexibility index (Phi) is 3.62.